The molecule has 21 heavy (non-hydrogen) atoms. The summed E-state index contributed by atoms with van der Waals surface area (Å²) in [5.41, 5.74) is 1.20. The van der Waals surface area contributed by atoms with E-state index in [-0.39, 0.29) is 24.0 Å². The first kappa shape index (κ1) is 19.8. The Labute approximate surface area is 144 Å². The molecule has 0 saturated carbocycles. The average molecular weight is 407 g/mol. The highest BCUT2D eigenvalue weighted by molar-refractivity contribution is 14.0. The molecule has 0 aliphatic heterocycles. The molecular weight excluding hydrogens is 381 g/mol. The first-order valence-electron chi connectivity index (χ1n) is 7.02. The van der Waals surface area contributed by atoms with Crippen molar-refractivity contribution in [2.75, 3.05) is 33.9 Å². The Morgan fingerprint density at radius 2 is 1.81 bits per heavy atom. The quantitative estimate of drug-likeness (QED) is 0.414. The predicted molar refractivity (Wildman–Crippen MR) is 98.3 cm³/mol. The minimum absolute atomic E-state index is 0. The van der Waals surface area contributed by atoms with Crippen molar-refractivity contribution in [3.8, 4) is 11.5 Å². The summed E-state index contributed by atoms with van der Waals surface area (Å²) in [6, 6.07) is 6.08. The molecule has 0 radical (unpaired) electrons. The third-order valence-electron chi connectivity index (χ3n) is 2.77. The van der Waals surface area contributed by atoms with E-state index in [0.29, 0.717) is 13.2 Å². The SMILES string of the molecule is CCOc1ccc(CCNC(=NC)NC)cc1OCC.I. The third-order valence-corrected chi connectivity index (χ3v) is 2.77. The van der Waals surface area contributed by atoms with Crippen molar-refractivity contribution in [1.82, 2.24) is 10.6 Å². The summed E-state index contributed by atoms with van der Waals surface area (Å²) in [6.45, 7) is 6.03. The van der Waals surface area contributed by atoms with Gasteiger partial charge in [0.05, 0.1) is 13.2 Å². The van der Waals surface area contributed by atoms with Gasteiger partial charge in [-0.1, -0.05) is 6.07 Å². The Hall–Kier alpha value is -1.18. The van der Waals surface area contributed by atoms with Crippen LogP contribution in [-0.4, -0.2) is 39.8 Å². The molecule has 2 N–H and O–H groups in total. The van der Waals surface area contributed by atoms with Gasteiger partial charge < -0.3 is 20.1 Å². The monoisotopic (exact) mass is 407 g/mol. The minimum Gasteiger partial charge on any atom is -0.490 e. The summed E-state index contributed by atoms with van der Waals surface area (Å²) < 4.78 is 11.2. The van der Waals surface area contributed by atoms with E-state index >= 15 is 0 Å². The molecule has 0 atom stereocenters. The molecule has 0 aliphatic rings. The second-order valence-corrected chi connectivity index (χ2v) is 4.15. The molecule has 0 spiro atoms. The fourth-order valence-corrected chi connectivity index (χ4v) is 1.86. The summed E-state index contributed by atoms with van der Waals surface area (Å²) in [6.07, 6.45) is 0.896. The van der Waals surface area contributed by atoms with Gasteiger partial charge >= 0.3 is 0 Å². The van der Waals surface area contributed by atoms with Gasteiger partial charge in [0, 0.05) is 20.6 Å². The second kappa shape index (κ2) is 11.5. The Kier molecular flexibility index (Phi) is 10.8. The largest absolute Gasteiger partial charge is 0.490 e. The number of ether oxygens (including phenoxy) is 2. The molecule has 0 amide bonds. The van der Waals surface area contributed by atoms with Crippen molar-refractivity contribution >= 4 is 29.9 Å². The molecule has 6 heteroatoms. The zero-order valence-electron chi connectivity index (χ0n) is 13.2. The molecular formula is C15H26IN3O2. The Balaban J connectivity index is 0.00000400. The molecule has 0 unspecified atom stereocenters. The fourth-order valence-electron chi connectivity index (χ4n) is 1.86. The molecule has 0 saturated heterocycles. The van der Waals surface area contributed by atoms with E-state index in [1.54, 1.807) is 7.05 Å². The number of guanidine groups is 1. The number of rotatable bonds is 7. The summed E-state index contributed by atoms with van der Waals surface area (Å²) >= 11 is 0. The number of halogens is 1. The van der Waals surface area contributed by atoms with Gasteiger partial charge in [-0.15, -0.1) is 24.0 Å². The highest BCUT2D eigenvalue weighted by Gasteiger charge is 2.06. The van der Waals surface area contributed by atoms with E-state index in [2.05, 4.69) is 21.7 Å². The van der Waals surface area contributed by atoms with Crippen LogP contribution >= 0.6 is 24.0 Å². The van der Waals surface area contributed by atoms with Crippen molar-refractivity contribution in [2.24, 2.45) is 4.99 Å². The lowest BCUT2D eigenvalue weighted by Gasteiger charge is -2.13. The molecule has 0 bridgehead atoms. The van der Waals surface area contributed by atoms with Crippen LogP contribution in [0, 0.1) is 0 Å². The van der Waals surface area contributed by atoms with Gasteiger partial charge in [0.15, 0.2) is 17.5 Å². The van der Waals surface area contributed by atoms with Crippen LogP contribution in [-0.2, 0) is 6.42 Å². The number of hydrogen-bond acceptors (Lipinski definition) is 3. The molecule has 0 aliphatic carbocycles. The molecule has 0 fully saturated rings. The van der Waals surface area contributed by atoms with E-state index in [1.807, 2.05) is 33.0 Å². The minimum atomic E-state index is 0. The molecule has 1 aromatic rings. The lowest BCUT2D eigenvalue weighted by Crippen LogP contribution is -2.35. The Morgan fingerprint density at radius 3 is 2.38 bits per heavy atom. The van der Waals surface area contributed by atoms with Crippen molar-refractivity contribution in [3.63, 3.8) is 0 Å². The molecule has 120 valence electrons. The van der Waals surface area contributed by atoms with Crippen LogP contribution in [0.4, 0.5) is 0 Å². The summed E-state index contributed by atoms with van der Waals surface area (Å²) in [4.78, 5) is 4.07. The smallest absolute Gasteiger partial charge is 0.190 e. The van der Waals surface area contributed by atoms with E-state index in [1.165, 1.54) is 5.56 Å². The van der Waals surface area contributed by atoms with Crippen LogP contribution in [0.15, 0.2) is 23.2 Å². The summed E-state index contributed by atoms with van der Waals surface area (Å²) in [5.74, 6) is 2.41. The first-order valence-corrected chi connectivity index (χ1v) is 7.02. The van der Waals surface area contributed by atoms with Crippen molar-refractivity contribution in [1.29, 1.82) is 0 Å². The lowest BCUT2D eigenvalue weighted by molar-refractivity contribution is 0.287. The van der Waals surface area contributed by atoms with Crippen LogP contribution in [0.5, 0.6) is 11.5 Å². The topological polar surface area (TPSA) is 54.9 Å². The average Bonchev–Trinajstić information content (AvgIpc) is 2.46. The molecule has 0 heterocycles. The molecule has 5 nitrogen and oxygen atoms in total. The van der Waals surface area contributed by atoms with Gasteiger partial charge in [-0.2, -0.15) is 0 Å². The third kappa shape index (κ3) is 6.88. The number of hydrogen-bond donors (Lipinski definition) is 2. The normalized spacial score (nSPS) is 10.6. The van der Waals surface area contributed by atoms with Crippen LogP contribution in [0.3, 0.4) is 0 Å². The number of nitrogens with zero attached hydrogens (tertiary/aromatic N) is 1. The number of aliphatic imine (C=N–C) groups is 1. The van der Waals surface area contributed by atoms with Gasteiger partial charge in [0.2, 0.25) is 0 Å². The maximum Gasteiger partial charge on any atom is 0.190 e. The zero-order chi connectivity index (χ0) is 14.8. The van der Waals surface area contributed by atoms with Gasteiger partial charge in [0.25, 0.3) is 0 Å². The maximum absolute atomic E-state index is 5.62. The molecule has 1 aromatic carbocycles. The van der Waals surface area contributed by atoms with E-state index < -0.39 is 0 Å². The highest BCUT2D eigenvalue weighted by Crippen LogP contribution is 2.28. The van der Waals surface area contributed by atoms with Gasteiger partial charge in [-0.3, -0.25) is 4.99 Å². The Morgan fingerprint density at radius 1 is 1.14 bits per heavy atom. The predicted octanol–water partition coefficient (Wildman–Crippen LogP) is 2.44. The number of nitrogens with one attached hydrogen (secondary N) is 2. The van der Waals surface area contributed by atoms with E-state index in [9.17, 15) is 0 Å². The van der Waals surface area contributed by atoms with Crippen molar-refractivity contribution in [2.45, 2.75) is 20.3 Å². The molecule has 1 rings (SSSR count). The molecule has 0 aromatic heterocycles. The van der Waals surface area contributed by atoms with E-state index in [4.69, 9.17) is 9.47 Å². The summed E-state index contributed by atoms with van der Waals surface area (Å²) in [5, 5.41) is 6.22. The Bertz CT molecular complexity index is 439. The first-order chi connectivity index (χ1) is 9.74. The van der Waals surface area contributed by atoms with Crippen LogP contribution in [0.25, 0.3) is 0 Å². The second-order valence-electron chi connectivity index (χ2n) is 4.15. The summed E-state index contributed by atoms with van der Waals surface area (Å²) in [7, 11) is 3.60. The zero-order valence-corrected chi connectivity index (χ0v) is 15.6. The van der Waals surface area contributed by atoms with Gasteiger partial charge in [-0.05, 0) is 38.0 Å². The van der Waals surface area contributed by atoms with E-state index in [0.717, 1.165) is 30.4 Å². The van der Waals surface area contributed by atoms with Gasteiger partial charge in [-0.25, -0.2) is 0 Å². The lowest BCUT2D eigenvalue weighted by atomic mass is 10.1. The van der Waals surface area contributed by atoms with Gasteiger partial charge in [0.1, 0.15) is 0 Å². The van der Waals surface area contributed by atoms with Crippen LogP contribution in [0.1, 0.15) is 19.4 Å². The fraction of sp³-hybridized carbons (Fsp3) is 0.533. The highest BCUT2D eigenvalue weighted by atomic mass is 127. The van der Waals surface area contributed by atoms with Crippen LogP contribution in [0.2, 0.25) is 0 Å². The standard InChI is InChI=1S/C15H25N3O2.HI/c1-5-19-13-8-7-12(11-14(13)20-6-2)9-10-18-15(16-3)17-4;/h7-8,11H,5-6,9-10H2,1-4H3,(H2,16,17,18);1H. The maximum atomic E-state index is 5.62. The van der Waals surface area contributed by atoms with Crippen LogP contribution < -0.4 is 20.1 Å². The van der Waals surface area contributed by atoms with Crippen molar-refractivity contribution < 1.29 is 9.47 Å². The van der Waals surface area contributed by atoms with Crippen molar-refractivity contribution in [3.05, 3.63) is 23.8 Å². The number of benzene rings is 1.